The van der Waals surface area contributed by atoms with Gasteiger partial charge in [0.1, 0.15) is 0 Å². The van der Waals surface area contributed by atoms with Crippen LogP contribution in [0.15, 0.2) is 103 Å². The van der Waals surface area contributed by atoms with E-state index in [1.807, 2.05) is 54.6 Å². The highest BCUT2D eigenvalue weighted by Gasteiger charge is 2.33. The number of hydrogen-bond donors (Lipinski definition) is 2. The molecule has 218 valence electrons. The molecule has 5 rings (SSSR count). The van der Waals surface area contributed by atoms with Crippen molar-refractivity contribution in [3.8, 4) is 11.1 Å². The van der Waals surface area contributed by atoms with Gasteiger partial charge < -0.3 is 15.3 Å². The zero-order valence-electron chi connectivity index (χ0n) is 22.6. The van der Waals surface area contributed by atoms with E-state index in [4.69, 9.17) is 0 Å². The first-order chi connectivity index (χ1) is 19.7. The lowest BCUT2D eigenvalue weighted by molar-refractivity contribution is -0.140. The van der Waals surface area contributed by atoms with Gasteiger partial charge in [0.2, 0.25) is 0 Å². The van der Waals surface area contributed by atoms with E-state index in [1.165, 1.54) is 12.1 Å². The Morgan fingerprint density at radius 1 is 0.810 bits per heavy atom. The highest BCUT2D eigenvalue weighted by atomic mass is 35.5. The number of alkyl halides is 3. The van der Waals surface area contributed by atoms with Crippen LogP contribution in [0.3, 0.4) is 0 Å². The molecule has 9 heteroatoms. The minimum Gasteiger partial charge on any atom is -0.481 e. The first-order valence-corrected chi connectivity index (χ1v) is 13.4. The SMILES string of the molecule is Cl.O=C(Nc1ccc(N2CCC(C(C(=O)O)c3ccccc3)CC2)cc1)c1ccccc1-c1ccc(C(F)(F)F)cc1. The lowest BCUT2D eigenvalue weighted by Gasteiger charge is -2.36. The van der Waals surface area contributed by atoms with Crippen LogP contribution in [0.25, 0.3) is 11.1 Å². The molecule has 0 radical (unpaired) electrons. The summed E-state index contributed by atoms with van der Waals surface area (Å²) in [5.74, 6) is -1.64. The van der Waals surface area contributed by atoms with Gasteiger partial charge in [0.05, 0.1) is 11.5 Å². The van der Waals surface area contributed by atoms with Crippen molar-refractivity contribution in [3.63, 3.8) is 0 Å². The van der Waals surface area contributed by atoms with E-state index in [0.717, 1.165) is 49.3 Å². The van der Waals surface area contributed by atoms with E-state index in [-0.39, 0.29) is 24.2 Å². The molecule has 1 fully saturated rings. The van der Waals surface area contributed by atoms with Crippen LogP contribution < -0.4 is 10.2 Å². The number of nitrogens with zero attached hydrogens (tertiary/aromatic N) is 1. The van der Waals surface area contributed by atoms with Crippen LogP contribution in [-0.2, 0) is 11.0 Å². The molecule has 1 saturated heterocycles. The zero-order chi connectivity index (χ0) is 29.0. The summed E-state index contributed by atoms with van der Waals surface area (Å²) in [5.41, 5.74) is 3.06. The van der Waals surface area contributed by atoms with Crippen molar-refractivity contribution in [1.82, 2.24) is 0 Å². The Kier molecular flexibility index (Phi) is 9.58. The molecule has 2 N–H and O–H groups in total. The number of rotatable bonds is 7. The number of nitrogens with one attached hydrogen (secondary N) is 1. The number of halogens is 4. The molecule has 1 heterocycles. The van der Waals surface area contributed by atoms with Gasteiger partial charge in [0, 0.05) is 30.0 Å². The smallest absolute Gasteiger partial charge is 0.416 e. The van der Waals surface area contributed by atoms with Crippen molar-refractivity contribution < 1.29 is 27.9 Å². The van der Waals surface area contributed by atoms with Gasteiger partial charge in [-0.05, 0) is 77.9 Å². The van der Waals surface area contributed by atoms with Crippen molar-refractivity contribution in [2.75, 3.05) is 23.3 Å². The average molecular weight is 595 g/mol. The second kappa shape index (κ2) is 13.1. The molecule has 1 atom stereocenters. The number of carbonyl (C=O) groups excluding carboxylic acids is 1. The molecule has 1 amide bonds. The number of carboxylic acids is 1. The molecule has 4 aromatic rings. The molecule has 1 aliphatic rings. The molecule has 0 spiro atoms. The largest absolute Gasteiger partial charge is 0.481 e. The molecule has 1 aliphatic heterocycles. The summed E-state index contributed by atoms with van der Waals surface area (Å²) in [4.78, 5) is 27.4. The van der Waals surface area contributed by atoms with Crippen LogP contribution in [0, 0.1) is 5.92 Å². The van der Waals surface area contributed by atoms with E-state index in [9.17, 15) is 27.9 Å². The van der Waals surface area contributed by atoms with E-state index < -0.39 is 23.6 Å². The average Bonchev–Trinajstić information content (AvgIpc) is 2.98. The Morgan fingerprint density at radius 2 is 1.40 bits per heavy atom. The maximum absolute atomic E-state index is 13.1. The Balaban J connectivity index is 0.00000405. The van der Waals surface area contributed by atoms with Crippen LogP contribution in [-0.4, -0.2) is 30.1 Å². The van der Waals surface area contributed by atoms with Gasteiger partial charge in [-0.15, -0.1) is 12.4 Å². The molecule has 4 aromatic carbocycles. The lowest BCUT2D eigenvalue weighted by atomic mass is 9.80. The topological polar surface area (TPSA) is 69.6 Å². The maximum atomic E-state index is 13.1. The number of hydrogen-bond acceptors (Lipinski definition) is 3. The normalized spacial score (nSPS) is 14.5. The minimum atomic E-state index is -4.43. The van der Waals surface area contributed by atoms with Crippen LogP contribution in [0.5, 0.6) is 0 Å². The van der Waals surface area contributed by atoms with E-state index in [2.05, 4.69) is 10.2 Å². The molecule has 0 aromatic heterocycles. The van der Waals surface area contributed by atoms with E-state index >= 15 is 0 Å². The van der Waals surface area contributed by atoms with Crippen molar-refractivity contribution in [1.29, 1.82) is 0 Å². The molecule has 1 unspecified atom stereocenters. The number of anilines is 2. The number of aliphatic carboxylic acids is 1. The fourth-order valence-corrected chi connectivity index (χ4v) is 5.49. The van der Waals surface area contributed by atoms with Crippen LogP contribution in [0.1, 0.15) is 40.2 Å². The van der Waals surface area contributed by atoms with Crippen molar-refractivity contribution in [2.24, 2.45) is 5.92 Å². The van der Waals surface area contributed by atoms with Gasteiger partial charge >= 0.3 is 12.1 Å². The third-order valence-electron chi connectivity index (χ3n) is 7.62. The molecular formula is C33H30ClF3N2O3. The molecule has 5 nitrogen and oxygen atoms in total. The number of piperidine rings is 1. The second-order valence-electron chi connectivity index (χ2n) is 10.2. The van der Waals surface area contributed by atoms with Crippen LogP contribution in [0.4, 0.5) is 24.5 Å². The van der Waals surface area contributed by atoms with Gasteiger partial charge in [-0.3, -0.25) is 9.59 Å². The van der Waals surface area contributed by atoms with E-state index in [0.29, 0.717) is 22.4 Å². The fraction of sp³-hybridized carbons (Fsp3) is 0.212. The molecule has 42 heavy (non-hydrogen) atoms. The summed E-state index contributed by atoms with van der Waals surface area (Å²) < 4.78 is 38.9. The van der Waals surface area contributed by atoms with Crippen LogP contribution >= 0.6 is 12.4 Å². The summed E-state index contributed by atoms with van der Waals surface area (Å²) >= 11 is 0. The van der Waals surface area contributed by atoms with Gasteiger partial charge in [-0.25, -0.2) is 0 Å². The van der Waals surface area contributed by atoms with Gasteiger partial charge in [0.15, 0.2) is 0 Å². The first-order valence-electron chi connectivity index (χ1n) is 13.4. The molecule has 0 aliphatic carbocycles. The summed E-state index contributed by atoms with van der Waals surface area (Å²) in [6, 6.07) is 28.4. The third-order valence-corrected chi connectivity index (χ3v) is 7.62. The Morgan fingerprint density at radius 3 is 2.00 bits per heavy atom. The number of amides is 1. The molecule has 0 saturated carbocycles. The van der Waals surface area contributed by atoms with E-state index in [1.54, 1.807) is 24.3 Å². The summed E-state index contributed by atoms with van der Waals surface area (Å²) in [6.45, 7) is 1.46. The molecule has 0 bridgehead atoms. The lowest BCUT2D eigenvalue weighted by Crippen LogP contribution is -2.37. The highest BCUT2D eigenvalue weighted by Crippen LogP contribution is 2.35. The first kappa shape index (κ1) is 30.7. The Bertz CT molecular complexity index is 1500. The Labute approximate surface area is 248 Å². The third kappa shape index (κ3) is 6.94. The highest BCUT2D eigenvalue weighted by molar-refractivity contribution is 6.08. The Hall–Kier alpha value is -4.30. The van der Waals surface area contributed by atoms with Crippen molar-refractivity contribution >= 4 is 35.7 Å². The second-order valence-corrected chi connectivity index (χ2v) is 10.2. The minimum absolute atomic E-state index is 0. The number of carboxylic acid groups (broad SMARTS) is 1. The number of benzene rings is 4. The van der Waals surface area contributed by atoms with Crippen molar-refractivity contribution in [2.45, 2.75) is 24.9 Å². The van der Waals surface area contributed by atoms with Crippen LogP contribution in [0.2, 0.25) is 0 Å². The molecular weight excluding hydrogens is 565 g/mol. The monoisotopic (exact) mass is 594 g/mol. The van der Waals surface area contributed by atoms with Gasteiger partial charge in [-0.1, -0.05) is 60.7 Å². The quantitative estimate of drug-likeness (QED) is 0.227. The summed E-state index contributed by atoms with van der Waals surface area (Å²) in [5, 5.41) is 12.8. The van der Waals surface area contributed by atoms with Gasteiger partial charge in [-0.2, -0.15) is 13.2 Å². The standard InChI is InChI=1S/C33H29F3N2O3.ClH/c34-33(35,36)25-12-10-22(11-13-25)28-8-4-5-9-29(28)31(39)37-26-14-16-27(17-15-26)38-20-18-24(19-21-38)30(32(40)41)23-6-2-1-3-7-23;/h1-17,24,30H,18-21H2,(H,37,39)(H,40,41);1H. The predicted octanol–water partition coefficient (Wildman–Crippen LogP) is 8.13. The fourth-order valence-electron chi connectivity index (χ4n) is 5.49. The number of carbonyl (C=O) groups is 2. The zero-order valence-corrected chi connectivity index (χ0v) is 23.4. The summed E-state index contributed by atoms with van der Waals surface area (Å²) in [6.07, 6.45) is -2.92. The predicted molar refractivity (Wildman–Crippen MR) is 160 cm³/mol. The van der Waals surface area contributed by atoms with Gasteiger partial charge in [0.25, 0.3) is 5.91 Å². The van der Waals surface area contributed by atoms with Crippen molar-refractivity contribution in [3.05, 3.63) is 120 Å². The summed E-state index contributed by atoms with van der Waals surface area (Å²) in [7, 11) is 0. The maximum Gasteiger partial charge on any atom is 0.416 e.